The number of nitrogens with two attached hydrogens (primary N) is 1. The maximum atomic E-state index is 11.7. The lowest BCUT2D eigenvalue weighted by molar-refractivity contribution is 0.0960. The molecule has 18 heavy (non-hydrogen) atoms. The number of nitrogen functional groups attached to an aromatic ring is 1. The summed E-state index contributed by atoms with van der Waals surface area (Å²) >= 11 is 1.40. The number of carbonyl (C=O) groups is 1. The minimum Gasteiger partial charge on any atom is -0.397 e. The molecule has 0 aromatic carbocycles. The van der Waals surface area contributed by atoms with Crippen molar-refractivity contribution >= 4 is 27.9 Å². The van der Waals surface area contributed by atoms with E-state index in [-0.39, 0.29) is 5.91 Å². The van der Waals surface area contributed by atoms with Gasteiger partial charge in [0.05, 0.1) is 17.3 Å². The standard InChI is InChI=1S/C12H19N3O2S/c1-2-14-12(16)11-9(13)5-10(18-11)15-6-8-3-4-17-7-8/h5,8,15H,2-4,6-7,13H2,1H3,(H,14,16). The fourth-order valence-corrected chi connectivity index (χ4v) is 2.80. The molecule has 1 aromatic rings. The molecule has 0 bridgehead atoms. The maximum Gasteiger partial charge on any atom is 0.263 e. The Morgan fingerprint density at radius 1 is 1.67 bits per heavy atom. The first kappa shape index (κ1) is 13.2. The Labute approximate surface area is 111 Å². The molecule has 0 spiro atoms. The summed E-state index contributed by atoms with van der Waals surface area (Å²) in [5.41, 5.74) is 6.38. The Bertz CT molecular complexity index is 413. The van der Waals surface area contributed by atoms with Crippen LogP contribution < -0.4 is 16.4 Å². The minimum atomic E-state index is -0.0998. The quantitative estimate of drug-likeness (QED) is 0.757. The molecule has 1 aliphatic heterocycles. The molecular weight excluding hydrogens is 250 g/mol. The number of thiophene rings is 1. The van der Waals surface area contributed by atoms with E-state index in [4.69, 9.17) is 10.5 Å². The van der Waals surface area contributed by atoms with Gasteiger partial charge in [-0.15, -0.1) is 11.3 Å². The number of amides is 1. The number of carbonyl (C=O) groups excluding carboxylic acids is 1. The summed E-state index contributed by atoms with van der Waals surface area (Å²) in [6.45, 7) is 5.04. The Morgan fingerprint density at radius 2 is 2.50 bits per heavy atom. The van der Waals surface area contributed by atoms with Crippen molar-refractivity contribution in [2.24, 2.45) is 5.92 Å². The topological polar surface area (TPSA) is 76.4 Å². The predicted molar refractivity (Wildman–Crippen MR) is 74.2 cm³/mol. The lowest BCUT2D eigenvalue weighted by atomic mass is 10.1. The van der Waals surface area contributed by atoms with Gasteiger partial charge in [-0.2, -0.15) is 0 Å². The molecular formula is C12H19N3O2S. The molecule has 0 saturated carbocycles. The zero-order valence-corrected chi connectivity index (χ0v) is 11.3. The molecule has 1 atom stereocenters. The Kier molecular flexibility index (Phi) is 4.43. The van der Waals surface area contributed by atoms with Crippen molar-refractivity contribution in [1.82, 2.24) is 5.32 Å². The zero-order chi connectivity index (χ0) is 13.0. The van der Waals surface area contributed by atoms with E-state index < -0.39 is 0 Å². The van der Waals surface area contributed by atoms with Crippen LogP contribution in [0.25, 0.3) is 0 Å². The van der Waals surface area contributed by atoms with E-state index in [0.29, 0.717) is 23.0 Å². The highest BCUT2D eigenvalue weighted by atomic mass is 32.1. The summed E-state index contributed by atoms with van der Waals surface area (Å²) < 4.78 is 5.32. The Balaban J connectivity index is 1.93. The van der Waals surface area contributed by atoms with Gasteiger partial charge in [0.25, 0.3) is 5.91 Å². The maximum absolute atomic E-state index is 11.7. The molecule has 1 aliphatic rings. The van der Waals surface area contributed by atoms with E-state index in [2.05, 4.69) is 10.6 Å². The van der Waals surface area contributed by atoms with Gasteiger partial charge >= 0.3 is 0 Å². The molecule has 100 valence electrons. The van der Waals surface area contributed by atoms with Crippen molar-refractivity contribution in [1.29, 1.82) is 0 Å². The van der Waals surface area contributed by atoms with Gasteiger partial charge in [0.1, 0.15) is 4.88 Å². The van der Waals surface area contributed by atoms with Crippen molar-refractivity contribution in [3.05, 3.63) is 10.9 Å². The summed E-state index contributed by atoms with van der Waals surface area (Å²) in [7, 11) is 0. The van der Waals surface area contributed by atoms with E-state index in [1.165, 1.54) is 11.3 Å². The smallest absolute Gasteiger partial charge is 0.263 e. The van der Waals surface area contributed by atoms with Crippen LogP contribution >= 0.6 is 11.3 Å². The number of hydrogen-bond donors (Lipinski definition) is 3. The number of nitrogens with one attached hydrogen (secondary N) is 2. The molecule has 1 unspecified atom stereocenters. The average Bonchev–Trinajstić information content (AvgIpc) is 2.96. The second kappa shape index (κ2) is 6.06. The largest absolute Gasteiger partial charge is 0.397 e. The van der Waals surface area contributed by atoms with Gasteiger partial charge in [-0.25, -0.2) is 0 Å². The van der Waals surface area contributed by atoms with Gasteiger partial charge in [-0.1, -0.05) is 0 Å². The molecule has 1 fully saturated rings. The first-order valence-corrected chi connectivity index (χ1v) is 7.01. The highest BCUT2D eigenvalue weighted by molar-refractivity contribution is 7.18. The van der Waals surface area contributed by atoms with Crippen LogP contribution in [0.3, 0.4) is 0 Å². The van der Waals surface area contributed by atoms with Gasteiger partial charge in [-0.05, 0) is 19.4 Å². The second-order valence-corrected chi connectivity index (χ2v) is 5.42. The van der Waals surface area contributed by atoms with Gasteiger partial charge in [0.2, 0.25) is 0 Å². The number of rotatable bonds is 5. The third-order valence-corrected chi connectivity index (χ3v) is 4.00. The van der Waals surface area contributed by atoms with Crippen molar-refractivity contribution in [2.75, 3.05) is 37.4 Å². The van der Waals surface area contributed by atoms with Crippen LogP contribution in [0.2, 0.25) is 0 Å². The third kappa shape index (κ3) is 3.14. The molecule has 1 aromatic heterocycles. The summed E-state index contributed by atoms with van der Waals surface area (Å²) in [6, 6.07) is 1.82. The first-order valence-electron chi connectivity index (χ1n) is 6.19. The first-order chi connectivity index (χ1) is 8.70. The zero-order valence-electron chi connectivity index (χ0n) is 10.5. The lowest BCUT2D eigenvalue weighted by Crippen LogP contribution is -2.22. The molecule has 6 heteroatoms. The monoisotopic (exact) mass is 269 g/mol. The Hall–Kier alpha value is -1.27. The molecule has 5 nitrogen and oxygen atoms in total. The summed E-state index contributed by atoms with van der Waals surface area (Å²) in [6.07, 6.45) is 1.09. The van der Waals surface area contributed by atoms with E-state index in [0.717, 1.165) is 31.2 Å². The van der Waals surface area contributed by atoms with E-state index in [1.807, 2.05) is 13.0 Å². The predicted octanol–water partition coefficient (Wildman–Crippen LogP) is 1.53. The van der Waals surface area contributed by atoms with Gasteiger partial charge in [0.15, 0.2) is 0 Å². The van der Waals surface area contributed by atoms with Crippen LogP contribution in [0.1, 0.15) is 23.0 Å². The van der Waals surface area contributed by atoms with Crippen LogP contribution in [-0.4, -0.2) is 32.2 Å². The van der Waals surface area contributed by atoms with Gasteiger partial charge in [0, 0.05) is 25.6 Å². The van der Waals surface area contributed by atoms with E-state index in [9.17, 15) is 4.79 Å². The summed E-state index contributed by atoms with van der Waals surface area (Å²) in [4.78, 5) is 12.3. The second-order valence-electron chi connectivity index (χ2n) is 4.37. The van der Waals surface area contributed by atoms with Crippen LogP contribution in [-0.2, 0) is 4.74 Å². The normalized spacial score (nSPS) is 18.8. The van der Waals surface area contributed by atoms with Crippen LogP contribution in [0.5, 0.6) is 0 Å². The molecule has 2 heterocycles. The molecule has 0 radical (unpaired) electrons. The average molecular weight is 269 g/mol. The highest BCUT2D eigenvalue weighted by Gasteiger charge is 2.17. The third-order valence-electron chi connectivity index (χ3n) is 2.89. The summed E-state index contributed by atoms with van der Waals surface area (Å²) in [5, 5.41) is 7.03. The molecule has 1 saturated heterocycles. The van der Waals surface area contributed by atoms with Crippen LogP contribution in [0.15, 0.2) is 6.07 Å². The van der Waals surface area contributed by atoms with Gasteiger partial charge < -0.3 is 21.1 Å². The fourth-order valence-electron chi connectivity index (χ4n) is 1.90. The van der Waals surface area contributed by atoms with Crippen molar-refractivity contribution < 1.29 is 9.53 Å². The molecule has 0 aliphatic carbocycles. The fraction of sp³-hybridized carbons (Fsp3) is 0.583. The van der Waals surface area contributed by atoms with Crippen LogP contribution in [0, 0.1) is 5.92 Å². The number of anilines is 2. The lowest BCUT2D eigenvalue weighted by Gasteiger charge is -2.08. The SMILES string of the molecule is CCNC(=O)c1sc(NCC2CCOC2)cc1N. The molecule has 2 rings (SSSR count). The van der Waals surface area contributed by atoms with Crippen molar-refractivity contribution in [3.63, 3.8) is 0 Å². The summed E-state index contributed by atoms with van der Waals surface area (Å²) in [5.74, 6) is 0.457. The molecule has 4 N–H and O–H groups in total. The van der Waals surface area contributed by atoms with Crippen molar-refractivity contribution in [3.8, 4) is 0 Å². The van der Waals surface area contributed by atoms with Crippen molar-refractivity contribution in [2.45, 2.75) is 13.3 Å². The number of ether oxygens (including phenoxy) is 1. The minimum absolute atomic E-state index is 0.0998. The van der Waals surface area contributed by atoms with Crippen LogP contribution in [0.4, 0.5) is 10.7 Å². The highest BCUT2D eigenvalue weighted by Crippen LogP contribution is 2.29. The molecule has 1 amide bonds. The van der Waals surface area contributed by atoms with E-state index in [1.54, 1.807) is 0 Å². The Morgan fingerprint density at radius 3 is 3.17 bits per heavy atom. The van der Waals surface area contributed by atoms with E-state index >= 15 is 0 Å². The number of hydrogen-bond acceptors (Lipinski definition) is 5. The van der Waals surface area contributed by atoms with Gasteiger partial charge in [-0.3, -0.25) is 4.79 Å².